The predicted molar refractivity (Wildman–Crippen MR) is 115 cm³/mol. The van der Waals surface area contributed by atoms with Gasteiger partial charge in [-0.05, 0) is 43.0 Å². The van der Waals surface area contributed by atoms with Crippen molar-refractivity contribution in [3.63, 3.8) is 0 Å². The van der Waals surface area contributed by atoms with E-state index in [0.717, 1.165) is 31.1 Å². The number of hydrogen-bond donors (Lipinski definition) is 1. The summed E-state index contributed by atoms with van der Waals surface area (Å²) in [5.41, 5.74) is 2.22. The molecule has 0 spiro atoms. The number of imidazole rings is 1. The molecule has 2 aliphatic rings. The lowest BCUT2D eigenvalue weighted by molar-refractivity contribution is -0.138. The fraction of sp³-hybridized carbons (Fsp3) is 0.318. The second kappa shape index (κ2) is 7.47. The summed E-state index contributed by atoms with van der Waals surface area (Å²) in [5, 5.41) is 4.96. The highest BCUT2D eigenvalue weighted by Gasteiger charge is 2.42. The zero-order chi connectivity index (χ0) is 22.6. The van der Waals surface area contributed by atoms with Gasteiger partial charge in [-0.25, -0.2) is 9.97 Å². The van der Waals surface area contributed by atoms with Gasteiger partial charge in [0.1, 0.15) is 0 Å². The van der Waals surface area contributed by atoms with Crippen molar-refractivity contribution < 1.29 is 18.0 Å². The van der Waals surface area contributed by atoms with E-state index in [1.54, 1.807) is 35.8 Å². The van der Waals surface area contributed by atoms with Crippen molar-refractivity contribution >= 4 is 28.1 Å². The van der Waals surface area contributed by atoms with Crippen molar-refractivity contribution in [3.8, 4) is 0 Å². The van der Waals surface area contributed by atoms with Crippen LogP contribution in [0, 0.1) is 6.92 Å². The molecular formula is C22H20F3N5OS. The highest BCUT2D eigenvalue weighted by molar-refractivity contribution is 7.13. The zero-order valence-corrected chi connectivity index (χ0v) is 18.1. The van der Waals surface area contributed by atoms with E-state index in [4.69, 9.17) is 0 Å². The van der Waals surface area contributed by atoms with Crippen LogP contribution in [0.1, 0.15) is 46.1 Å². The largest absolute Gasteiger partial charge is 0.416 e. The first-order valence-electron chi connectivity index (χ1n) is 10.1. The van der Waals surface area contributed by atoms with Crippen LogP contribution in [-0.2, 0) is 30.5 Å². The molecule has 2 aliphatic heterocycles. The van der Waals surface area contributed by atoms with Crippen LogP contribution >= 0.6 is 11.3 Å². The van der Waals surface area contributed by atoms with Crippen LogP contribution in [0.25, 0.3) is 5.70 Å². The summed E-state index contributed by atoms with van der Waals surface area (Å²) in [6, 6.07) is 1.92. The molecule has 0 radical (unpaired) electrons. The van der Waals surface area contributed by atoms with Gasteiger partial charge in [-0.3, -0.25) is 10.1 Å². The number of hydrogen-bond acceptors (Lipinski definition) is 5. The van der Waals surface area contributed by atoms with E-state index in [1.807, 2.05) is 4.57 Å². The van der Waals surface area contributed by atoms with E-state index in [9.17, 15) is 18.0 Å². The summed E-state index contributed by atoms with van der Waals surface area (Å²) in [5.74, 6) is -0.396. The molecule has 32 heavy (non-hydrogen) atoms. The van der Waals surface area contributed by atoms with Crippen molar-refractivity contribution in [2.45, 2.75) is 45.1 Å². The number of rotatable bonds is 4. The fourth-order valence-corrected chi connectivity index (χ4v) is 5.10. The lowest BCUT2D eigenvalue weighted by Crippen LogP contribution is -2.34. The minimum atomic E-state index is -4.50. The minimum absolute atomic E-state index is 0.0778. The zero-order valence-electron chi connectivity index (χ0n) is 17.2. The van der Waals surface area contributed by atoms with E-state index in [1.165, 1.54) is 11.3 Å². The number of carbonyl (C=O) groups is 1. The van der Waals surface area contributed by atoms with Crippen molar-refractivity contribution in [1.82, 2.24) is 19.4 Å². The number of amides is 1. The number of aryl methyl sites for hydroxylation is 2. The summed E-state index contributed by atoms with van der Waals surface area (Å²) >= 11 is 1.27. The van der Waals surface area contributed by atoms with Crippen LogP contribution in [0.3, 0.4) is 0 Å². The smallest absolute Gasteiger partial charge is 0.350 e. The number of carbonyl (C=O) groups excluding carboxylic acids is 1. The quantitative estimate of drug-likeness (QED) is 0.610. The SMILES string of the molecule is C=C1c2cc(C)cc(C(F)(F)F)c2CN1C(C(=O)Nc1nccs1)c1ncn2c1CCC2. The average molecular weight is 459 g/mol. The number of aromatic nitrogens is 3. The van der Waals surface area contributed by atoms with Crippen molar-refractivity contribution in [1.29, 1.82) is 0 Å². The number of halogens is 3. The molecule has 5 rings (SSSR count). The van der Waals surface area contributed by atoms with Crippen LogP contribution in [0.15, 0.2) is 36.6 Å². The number of alkyl halides is 3. The predicted octanol–water partition coefficient (Wildman–Crippen LogP) is 4.78. The Morgan fingerprint density at radius 3 is 2.84 bits per heavy atom. The van der Waals surface area contributed by atoms with Crippen molar-refractivity contribution in [3.05, 3.63) is 70.3 Å². The van der Waals surface area contributed by atoms with Crippen LogP contribution < -0.4 is 5.32 Å². The molecule has 166 valence electrons. The van der Waals surface area contributed by atoms with Gasteiger partial charge < -0.3 is 9.47 Å². The normalized spacial score (nSPS) is 16.2. The Hall–Kier alpha value is -3.14. The molecule has 0 aliphatic carbocycles. The summed E-state index contributed by atoms with van der Waals surface area (Å²) in [6.45, 7) is 6.43. The van der Waals surface area contributed by atoms with Gasteiger partial charge in [-0.2, -0.15) is 13.2 Å². The lowest BCUT2D eigenvalue weighted by atomic mass is 9.99. The number of thiazole rings is 1. The van der Waals surface area contributed by atoms with Gasteiger partial charge in [-0.1, -0.05) is 6.58 Å². The Morgan fingerprint density at radius 1 is 1.31 bits per heavy atom. The number of fused-ring (bicyclic) bond motifs is 2. The molecule has 10 heteroatoms. The maximum Gasteiger partial charge on any atom is 0.416 e. The third-order valence-electron chi connectivity index (χ3n) is 5.96. The number of nitrogens with one attached hydrogen (secondary N) is 1. The molecule has 1 atom stereocenters. The fourth-order valence-electron chi connectivity index (χ4n) is 4.57. The van der Waals surface area contributed by atoms with Crippen LogP contribution in [0.2, 0.25) is 0 Å². The summed E-state index contributed by atoms with van der Waals surface area (Å²) < 4.78 is 43.4. The number of benzene rings is 1. The molecule has 1 amide bonds. The molecule has 3 aromatic rings. The van der Waals surface area contributed by atoms with Gasteiger partial charge in [0.25, 0.3) is 5.91 Å². The van der Waals surface area contributed by atoms with Gasteiger partial charge in [0.2, 0.25) is 0 Å². The van der Waals surface area contributed by atoms with Gasteiger partial charge in [-0.15, -0.1) is 11.3 Å². The molecular weight excluding hydrogens is 439 g/mol. The molecule has 0 saturated carbocycles. The number of nitrogens with zero attached hydrogens (tertiary/aromatic N) is 4. The van der Waals surface area contributed by atoms with Gasteiger partial charge >= 0.3 is 6.18 Å². The topological polar surface area (TPSA) is 63.1 Å². The van der Waals surface area contributed by atoms with E-state index in [2.05, 4.69) is 21.9 Å². The Bertz CT molecular complexity index is 1220. The standard InChI is InChI=1S/C22H20F3N5OS/c1-12-8-14-13(2)30(10-15(14)16(9-12)22(23,24)25)19(20(31)28-21-26-5-7-32-21)18-17-4-3-6-29(17)11-27-18/h5,7-9,11,19H,2-4,6,10H2,1H3,(H,26,28,31). The third-order valence-corrected chi connectivity index (χ3v) is 6.65. The highest BCUT2D eigenvalue weighted by atomic mass is 32.1. The first-order chi connectivity index (χ1) is 15.2. The molecule has 0 saturated heterocycles. The van der Waals surface area contributed by atoms with E-state index < -0.39 is 23.7 Å². The van der Waals surface area contributed by atoms with Gasteiger partial charge in [0.15, 0.2) is 11.2 Å². The Labute approximate surface area is 186 Å². The van der Waals surface area contributed by atoms with Crippen LogP contribution in [0.4, 0.5) is 18.3 Å². The molecule has 6 nitrogen and oxygen atoms in total. The Balaban J connectivity index is 1.59. The molecule has 0 bridgehead atoms. The molecule has 4 heterocycles. The molecule has 1 aromatic carbocycles. The highest BCUT2D eigenvalue weighted by Crippen LogP contribution is 2.45. The summed E-state index contributed by atoms with van der Waals surface area (Å²) in [4.78, 5) is 23.7. The average Bonchev–Trinajstić information content (AvgIpc) is 3.49. The molecule has 1 unspecified atom stereocenters. The van der Waals surface area contributed by atoms with Gasteiger partial charge in [0.05, 0.1) is 17.6 Å². The second-order valence-corrected chi connectivity index (χ2v) is 8.91. The van der Waals surface area contributed by atoms with E-state index in [-0.39, 0.29) is 12.1 Å². The Kier molecular flexibility index (Phi) is 4.85. The second-order valence-electron chi connectivity index (χ2n) is 8.01. The monoisotopic (exact) mass is 459 g/mol. The minimum Gasteiger partial charge on any atom is -0.350 e. The Morgan fingerprint density at radius 2 is 2.12 bits per heavy atom. The van der Waals surface area contributed by atoms with Gasteiger partial charge in [0, 0.05) is 41.6 Å². The maximum atomic E-state index is 13.8. The van der Waals surface area contributed by atoms with Crippen molar-refractivity contribution in [2.24, 2.45) is 0 Å². The summed E-state index contributed by atoms with van der Waals surface area (Å²) in [6.07, 6.45) is 0.465. The lowest BCUT2D eigenvalue weighted by Gasteiger charge is -2.29. The first-order valence-corrected chi connectivity index (χ1v) is 11.0. The summed E-state index contributed by atoms with van der Waals surface area (Å²) in [7, 11) is 0. The van der Waals surface area contributed by atoms with Crippen LogP contribution in [0.5, 0.6) is 0 Å². The molecule has 2 aromatic heterocycles. The maximum absolute atomic E-state index is 13.8. The van der Waals surface area contributed by atoms with E-state index >= 15 is 0 Å². The molecule has 1 N–H and O–H groups in total. The van der Waals surface area contributed by atoms with Crippen molar-refractivity contribution in [2.75, 3.05) is 5.32 Å². The third kappa shape index (κ3) is 3.38. The van der Waals surface area contributed by atoms with E-state index in [0.29, 0.717) is 27.6 Å². The number of anilines is 1. The first kappa shape index (κ1) is 20.7. The molecule has 0 fully saturated rings. The van der Waals surface area contributed by atoms with Crippen LogP contribution in [-0.4, -0.2) is 25.3 Å².